The first-order valence-corrected chi connectivity index (χ1v) is 8.72. The summed E-state index contributed by atoms with van der Waals surface area (Å²) in [5.74, 6) is -1.23. The molecular weight excluding hydrogens is 367 g/mol. The molecule has 26 heavy (non-hydrogen) atoms. The third-order valence-corrected chi connectivity index (χ3v) is 5.04. The monoisotopic (exact) mass is 385 g/mol. The number of rotatable bonds is 5. The van der Waals surface area contributed by atoms with Crippen molar-refractivity contribution in [2.75, 3.05) is 5.32 Å². The zero-order valence-electron chi connectivity index (χ0n) is 14.4. The van der Waals surface area contributed by atoms with Crippen molar-refractivity contribution in [2.45, 2.75) is 39.5 Å². The van der Waals surface area contributed by atoms with Gasteiger partial charge >= 0.3 is 12.1 Å². The van der Waals surface area contributed by atoms with Crippen LogP contribution in [0, 0.1) is 6.92 Å². The van der Waals surface area contributed by atoms with Gasteiger partial charge in [-0.25, -0.2) is 4.79 Å². The molecule has 0 spiro atoms. The van der Waals surface area contributed by atoms with Crippen LogP contribution in [0.4, 0.5) is 18.9 Å². The molecule has 4 nitrogen and oxygen atoms in total. The van der Waals surface area contributed by atoms with Gasteiger partial charge in [-0.3, -0.25) is 4.79 Å². The van der Waals surface area contributed by atoms with Crippen LogP contribution in [0.1, 0.15) is 39.5 Å². The van der Waals surface area contributed by atoms with Crippen LogP contribution in [0.15, 0.2) is 30.3 Å². The normalized spacial score (nSPS) is 12.5. The Bertz CT molecular complexity index is 797. The highest BCUT2D eigenvalue weighted by atomic mass is 32.1. The van der Waals surface area contributed by atoms with E-state index in [1.807, 2.05) is 13.8 Å². The SMILES string of the molecule is CCc1sc(C(=O)O[C@H](C)C(=O)Nc2ccc(C(F)(F)F)cc2)cc1C. The van der Waals surface area contributed by atoms with Gasteiger partial charge in [0, 0.05) is 10.6 Å². The molecule has 1 aromatic carbocycles. The number of halogens is 3. The van der Waals surface area contributed by atoms with Crippen molar-refractivity contribution < 1.29 is 27.5 Å². The fourth-order valence-corrected chi connectivity index (χ4v) is 3.23. The Morgan fingerprint density at radius 3 is 2.35 bits per heavy atom. The minimum absolute atomic E-state index is 0.186. The first-order valence-electron chi connectivity index (χ1n) is 7.90. The minimum atomic E-state index is -4.44. The molecule has 0 aliphatic carbocycles. The van der Waals surface area contributed by atoms with E-state index in [1.54, 1.807) is 6.07 Å². The van der Waals surface area contributed by atoms with E-state index in [2.05, 4.69) is 5.32 Å². The fraction of sp³-hybridized carbons (Fsp3) is 0.333. The van der Waals surface area contributed by atoms with Crippen molar-refractivity contribution in [3.05, 3.63) is 51.2 Å². The van der Waals surface area contributed by atoms with E-state index in [4.69, 9.17) is 4.74 Å². The lowest BCUT2D eigenvalue weighted by molar-refractivity contribution is -0.137. The first-order chi connectivity index (χ1) is 12.1. The lowest BCUT2D eigenvalue weighted by atomic mass is 10.2. The summed E-state index contributed by atoms with van der Waals surface area (Å²) in [6, 6.07) is 5.74. The van der Waals surface area contributed by atoms with Crippen LogP contribution in [-0.4, -0.2) is 18.0 Å². The van der Waals surface area contributed by atoms with Gasteiger partial charge in [0.15, 0.2) is 6.10 Å². The molecule has 0 unspecified atom stereocenters. The molecule has 0 radical (unpaired) electrons. The smallest absolute Gasteiger partial charge is 0.416 e. The molecule has 2 aromatic rings. The highest BCUT2D eigenvalue weighted by molar-refractivity contribution is 7.14. The third-order valence-electron chi connectivity index (χ3n) is 3.68. The van der Waals surface area contributed by atoms with Crippen molar-refractivity contribution in [2.24, 2.45) is 0 Å². The Morgan fingerprint density at radius 1 is 1.23 bits per heavy atom. The summed E-state index contributed by atoms with van der Waals surface area (Å²) < 4.78 is 42.7. The van der Waals surface area contributed by atoms with Crippen molar-refractivity contribution in [3.63, 3.8) is 0 Å². The molecule has 0 aliphatic rings. The lowest BCUT2D eigenvalue weighted by Gasteiger charge is -2.13. The number of thiophene rings is 1. The highest BCUT2D eigenvalue weighted by Gasteiger charge is 2.30. The Balaban J connectivity index is 1.97. The second-order valence-corrected chi connectivity index (χ2v) is 6.82. The van der Waals surface area contributed by atoms with Gasteiger partial charge in [0.1, 0.15) is 4.88 Å². The van der Waals surface area contributed by atoms with E-state index in [0.29, 0.717) is 4.88 Å². The average Bonchev–Trinajstić information content (AvgIpc) is 2.95. The Morgan fingerprint density at radius 2 is 1.85 bits per heavy atom. The van der Waals surface area contributed by atoms with E-state index in [0.717, 1.165) is 41.1 Å². The molecule has 1 aromatic heterocycles. The van der Waals surface area contributed by atoms with Crippen LogP contribution >= 0.6 is 11.3 Å². The van der Waals surface area contributed by atoms with Crippen molar-refractivity contribution >= 4 is 28.9 Å². The second kappa shape index (κ2) is 7.90. The summed E-state index contributed by atoms with van der Waals surface area (Å²) in [5.41, 5.74) is 0.368. The number of ether oxygens (including phenoxy) is 1. The summed E-state index contributed by atoms with van der Waals surface area (Å²) in [7, 11) is 0. The molecule has 1 heterocycles. The number of alkyl halides is 3. The van der Waals surface area contributed by atoms with Gasteiger partial charge in [-0.2, -0.15) is 13.2 Å². The van der Waals surface area contributed by atoms with Crippen LogP contribution < -0.4 is 5.32 Å². The summed E-state index contributed by atoms with van der Waals surface area (Å²) in [4.78, 5) is 25.7. The van der Waals surface area contributed by atoms with Gasteiger partial charge in [0.05, 0.1) is 5.56 Å². The van der Waals surface area contributed by atoms with E-state index in [1.165, 1.54) is 18.3 Å². The maximum atomic E-state index is 12.5. The number of aryl methyl sites for hydroxylation is 2. The number of amides is 1. The van der Waals surface area contributed by atoms with Gasteiger partial charge in [0.25, 0.3) is 5.91 Å². The van der Waals surface area contributed by atoms with Crippen molar-refractivity contribution in [3.8, 4) is 0 Å². The standard InChI is InChI=1S/C18H18F3NO3S/c1-4-14-10(2)9-15(26-14)17(24)25-11(3)16(23)22-13-7-5-12(6-8-13)18(19,20)21/h5-9,11H,4H2,1-3H3,(H,22,23)/t11-/m1/s1. The van der Waals surface area contributed by atoms with Crippen LogP contribution in [0.25, 0.3) is 0 Å². The molecule has 0 fully saturated rings. The van der Waals surface area contributed by atoms with Gasteiger partial charge in [0.2, 0.25) is 0 Å². The highest BCUT2D eigenvalue weighted by Crippen LogP contribution is 2.30. The molecule has 8 heteroatoms. The quantitative estimate of drug-likeness (QED) is 0.751. The Labute approximate surface area is 153 Å². The molecular formula is C18H18F3NO3S. The average molecular weight is 385 g/mol. The molecule has 1 atom stereocenters. The Kier molecular flexibility index (Phi) is 6.07. The van der Waals surface area contributed by atoms with Crippen LogP contribution in [0.5, 0.6) is 0 Å². The van der Waals surface area contributed by atoms with Gasteiger partial charge < -0.3 is 10.1 Å². The van der Waals surface area contributed by atoms with Gasteiger partial charge in [-0.1, -0.05) is 6.92 Å². The summed E-state index contributed by atoms with van der Waals surface area (Å²) in [6.45, 7) is 5.28. The summed E-state index contributed by atoms with van der Waals surface area (Å²) >= 11 is 1.32. The fourth-order valence-electron chi connectivity index (χ4n) is 2.23. The molecule has 0 saturated carbocycles. The number of hydrogen-bond donors (Lipinski definition) is 1. The zero-order valence-corrected chi connectivity index (χ0v) is 15.3. The molecule has 1 amide bonds. The number of carbonyl (C=O) groups excluding carboxylic acids is 2. The topological polar surface area (TPSA) is 55.4 Å². The summed E-state index contributed by atoms with van der Waals surface area (Å²) in [6.07, 6.45) is -4.73. The number of nitrogens with one attached hydrogen (secondary N) is 1. The third kappa shape index (κ3) is 4.85. The molecule has 2 rings (SSSR count). The predicted molar refractivity (Wildman–Crippen MR) is 93.4 cm³/mol. The molecule has 1 N–H and O–H groups in total. The number of benzene rings is 1. The number of anilines is 1. The van der Waals surface area contributed by atoms with E-state index in [-0.39, 0.29) is 5.69 Å². The van der Waals surface area contributed by atoms with Crippen LogP contribution in [0.2, 0.25) is 0 Å². The largest absolute Gasteiger partial charge is 0.448 e. The molecule has 0 aliphatic heterocycles. The van der Waals surface area contributed by atoms with E-state index in [9.17, 15) is 22.8 Å². The molecule has 0 saturated heterocycles. The maximum Gasteiger partial charge on any atom is 0.416 e. The van der Waals surface area contributed by atoms with Crippen molar-refractivity contribution in [1.82, 2.24) is 0 Å². The number of hydrogen-bond acceptors (Lipinski definition) is 4. The minimum Gasteiger partial charge on any atom is -0.448 e. The molecule has 140 valence electrons. The lowest BCUT2D eigenvalue weighted by Crippen LogP contribution is -2.29. The Hall–Kier alpha value is -2.35. The zero-order chi connectivity index (χ0) is 19.5. The predicted octanol–water partition coefficient (Wildman–Crippen LogP) is 4.82. The molecule has 0 bridgehead atoms. The number of carbonyl (C=O) groups is 2. The van der Waals surface area contributed by atoms with Crippen LogP contribution in [-0.2, 0) is 22.1 Å². The van der Waals surface area contributed by atoms with Crippen LogP contribution in [0.3, 0.4) is 0 Å². The maximum absolute atomic E-state index is 12.5. The van der Waals surface area contributed by atoms with Gasteiger partial charge in [-0.15, -0.1) is 11.3 Å². The summed E-state index contributed by atoms with van der Waals surface area (Å²) in [5, 5.41) is 2.42. The second-order valence-electron chi connectivity index (χ2n) is 5.68. The van der Waals surface area contributed by atoms with E-state index < -0.39 is 29.7 Å². The van der Waals surface area contributed by atoms with Gasteiger partial charge in [-0.05, 0) is 56.2 Å². The first kappa shape index (κ1) is 20.0. The van der Waals surface area contributed by atoms with Crippen molar-refractivity contribution in [1.29, 1.82) is 0 Å². The van der Waals surface area contributed by atoms with E-state index >= 15 is 0 Å². The number of esters is 1.